The molecule has 0 aliphatic heterocycles. The Balaban J connectivity index is 1.21. The zero-order chi connectivity index (χ0) is 20.8. The van der Waals surface area contributed by atoms with Crippen LogP contribution in [0.25, 0.3) is 19.8 Å². The highest BCUT2D eigenvalue weighted by molar-refractivity contribution is 7.20. The molecule has 0 saturated heterocycles. The average Bonchev–Trinajstić information content (AvgIpc) is 3.56. The number of hydrogen-bond donors (Lipinski definition) is 0. The molecule has 6 nitrogen and oxygen atoms in total. The minimum atomic E-state index is -0.633. The molecule has 0 atom stereocenters. The van der Waals surface area contributed by atoms with E-state index in [4.69, 9.17) is 9.47 Å². The van der Waals surface area contributed by atoms with Gasteiger partial charge in [0.05, 0.1) is 21.1 Å². The van der Waals surface area contributed by atoms with Gasteiger partial charge in [0.1, 0.15) is 23.2 Å². The minimum Gasteiger partial charge on any atom is -0.456 e. The van der Waals surface area contributed by atoms with Gasteiger partial charge in [-0.15, -0.1) is 45.3 Å². The van der Waals surface area contributed by atoms with E-state index in [0.717, 1.165) is 31.9 Å². The van der Waals surface area contributed by atoms with Crippen LogP contribution in [0.5, 0.6) is 0 Å². The highest BCUT2D eigenvalue weighted by atomic mass is 32.1. The number of hydrogen-bond acceptors (Lipinski definition) is 10. The predicted molar refractivity (Wildman–Crippen MR) is 120 cm³/mol. The highest BCUT2D eigenvalue weighted by Gasteiger charge is 2.09. The monoisotopic (exact) mass is 474 g/mol. The van der Waals surface area contributed by atoms with E-state index in [-0.39, 0.29) is 13.2 Å². The van der Waals surface area contributed by atoms with Gasteiger partial charge in [-0.3, -0.25) is 0 Å². The van der Waals surface area contributed by atoms with Crippen LogP contribution < -0.4 is 0 Å². The second kappa shape index (κ2) is 9.90. The SMILES string of the molecule is O=C(/C=C/C(=O)OCc1csc(-c2cccs2)n1)OCc1csc(-c2cccs2)n1. The van der Waals surface area contributed by atoms with Gasteiger partial charge in [-0.2, -0.15) is 0 Å². The molecule has 10 heteroatoms. The lowest BCUT2D eigenvalue weighted by Crippen LogP contribution is -2.05. The fourth-order valence-corrected chi connectivity index (χ4v) is 5.53. The van der Waals surface area contributed by atoms with Gasteiger partial charge in [0.25, 0.3) is 0 Å². The van der Waals surface area contributed by atoms with Crippen LogP contribution in [-0.4, -0.2) is 21.9 Å². The number of ether oxygens (including phenoxy) is 2. The first-order valence-electron chi connectivity index (χ1n) is 8.65. The smallest absolute Gasteiger partial charge is 0.331 e. The van der Waals surface area contributed by atoms with Crippen molar-refractivity contribution in [1.82, 2.24) is 9.97 Å². The van der Waals surface area contributed by atoms with E-state index in [1.807, 2.05) is 45.8 Å². The number of thiophene rings is 2. The summed E-state index contributed by atoms with van der Waals surface area (Å²) in [7, 11) is 0. The van der Waals surface area contributed by atoms with Crippen LogP contribution in [0.2, 0.25) is 0 Å². The van der Waals surface area contributed by atoms with E-state index in [9.17, 15) is 9.59 Å². The predicted octanol–water partition coefficient (Wildman–Crippen LogP) is 5.40. The van der Waals surface area contributed by atoms with Gasteiger partial charge >= 0.3 is 11.9 Å². The second-order valence-electron chi connectivity index (χ2n) is 5.79. The van der Waals surface area contributed by atoms with E-state index in [1.165, 1.54) is 22.7 Å². The molecule has 0 bridgehead atoms. The van der Waals surface area contributed by atoms with E-state index >= 15 is 0 Å². The molecule has 0 saturated carbocycles. The Morgan fingerprint density at radius 3 is 1.63 bits per heavy atom. The molecule has 0 spiro atoms. The first kappa shape index (κ1) is 20.6. The largest absolute Gasteiger partial charge is 0.456 e. The van der Waals surface area contributed by atoms with Gasteiger partial charge in [0.2, 0.25) is 0 Å². The molecule has 0 amide bonds. The number of rotatable bonds is 8. The molecule has 30 heavy (non-hydrogen) atoms. The highest BCUT2D eigenvalue weighted by Crippen LogP contribution is 2.28. The average molecular weight is 475 g/mol. The molecule has 0 fully saturated rings. The fourth-order valence-electron chi connectivity index (χ4n) is 2.30. The van der Waals surface area contributed by atoms with Crippen LogP contribution in [0, 0.1) is 0 Å². The Hall–Kier alpha value is -2.66. The van der Waals surface area contributed by atoms with Crippen molar-refractivity contribution < 1.29 is 19.1 Å². The van der Waals surface area contributed by atoms with Crippen molar-refractivity contribution in [3.63, 3.8) is 0 Å². The number of aromatic nitrogens is 2. The van der Waals surface area contributed by atoms with E-state index in [0.29, 0.717) is 11.4 Å². The maximum atomic E-state index is 11.8. The summed E-state index contributed by atoms with van der Waals surface area (Å²) in [5, 5.41) is 9.44. The van der Waals surface area contributed by atoms with Crippen molar-refractivity contribution in [1.29, 1.82) is 0 Å². The third-order valence-corrected chi connectivity index (χ3v) is 7.51. The van der Waals surface area contributed by atoms with Crippen LogP contribution in [-0.2, 0) is 32.3 Å². The molecule has 0 radical (unpaired) electrons. The first-order chi connectivity index (χ1) is 14.7. The Kier molecular flexibility index (Phi) is 6.80. The molecule has 0 aliphatic rings. The summed E-state index contributed by atoms with van der Waals surface area (Å²) < 4.78 is 10.2. The third kappa shape index (κ3) is 5.48. The van der Waals surface area contributed by atoms with Crippen molar-refractivity contribution in [2.45, 2.75) is 13.2 Å². The molecule has 4 heterocycles. The number of carbonyl (C=O) groups excluding carboxylic acids is 2. The van der Waals surface area contributed by atoms with Crippen LogP contribution in [0.1, 0.15) is 11.4 Å². The van der Waals surface area contributed by atoms with Gasteiger partial charge in [-0.25, -0.2) is 19.6 Å². The lowest BCUT2D eigenvalue weighted by Gasteiger charge is -1.99. The first-order valence-corrected chi connectivity index (χ1v) is 12.2. The Labute approximate surface area is 188 Å². The van der Waals surface area contributed by atoms with Crippen molar-refractivity contribution >= 4 is 57.3 Å². The van der Waals surface area contributed by atoms with Crippen LogP contribution in [0.4, 0.5) is 0 Å². The zero-order valence-corrected chi connectivity index (χ0v) is 18.6. The summed E-state index contributed by atoms with van der Waals surface area (Å²) in [5.41, 5.74) is 1.33. The Bertz CT molecular complexity index is 1050. The van der Waals surface area contributed by atoms with Gasteiger partial charge in [-0.1, -0.05) is 12.1 Å². The molecule has 152 valence electrons. The maximum absolute atomic E-state index is 11.8. The summed E-state index contributed by atoms with van der Waals surface area (Å²) in [6.07, 6.45) is 2.10. The molecule has 0 N–H and O–H groups in total. The molecule has 4 aromatic heterocycles. The summed E-state index contributed by atoms with van der Waals surface area (Å²) in [6, 6.07) is 7.90. The Morgan fingerprint density at radius 1 is 0.767 bits per heavy atom. The van der Waals surface area contributed by atoms with Crippen LogP contribution >= 0.6 is 45.3 Å². The van der Waals surface area contributed by atoms with E-state index < -0.39 is 11.9 Å². The lowest BCUT2D eigenvalue weighted by molar-refractivity contribution is -0.141. The van der Waals surface area contributed by atoms with E-state index in [2.05, 4.69) is 9.97 Å². The van der Waals surface area contributed by atoms with Crippen molar-refractivity contribution in [3.05, 3.63) is 69.3 Å². The third-order valence-electron chi connectivity index (χ3n) is 3.65. The van der Waals surface area contributed by atoms with Gasteiger partial charge in [0.15, 0.2) is 0 Å². The molecule has 0 aliphatic carbocycles. The van der Waals surface area contributed by atoms with Gasteiger partial charge < -0.3 is 9.47 Å². The summed E-state index contributed by atoms with van der Waals surface area (Å²) >= 11 is 6.19. The topological polar surface area (TPSA) is 78.4 Å². The molecule has 0 unspecified atom stereocenters. The number of esters is 2. The quantitative estimate of drug-likeness (QED) is 0.251. The molecular weight excluding hydrogens is 460 g/mol. The lowest BCUT2D eigenvalue weighted by atomic mass is 10.4. The molecule has 4 rings (SSSR count). The van der Waals surface area contributed by atoms with Crippen LogP contribution in [0.3, 0.4) is 0 Å². The zero-order valence-electron chi connectivity index (χ0n) is 15.3. The van der Waals surface area contributed by atoms with Crippen molar-refractivity contribution in [2.24, 2.45) is 0 Å². The summed E-state index contributed by atoms with van der Waals surface area (Å²) in [6.45, 7) is 0.0921. The van der Waals surface area contributed by atoms with E-state index in [1.54, 1.807) is 22.7 Å². The molecule has 0 aromatic carbocycles. The number of thiazole rings is 2. The minimum absolute atomic E-state index is 0.0460. The van der Waals surface area contributed by atoms with Crippen molar-refractivity contribution in [3.8, 4) is 19.8 Å². The van der Waals surface area contributed by atoms with Gasteiger partial charge in [-0.05, 0) is 22.9 Å². The number of carbonyl (C=O) groups is 2. The molecular formula is C20H14N2O4S4. The number of nitrogens with zero attached hydrogens (tertiary/aromatic N) is 2. The van der Waals surface area contributed by atoms with Crippen LogP contribution in [0.15, 0.2) is 57.9 Å². The standard InChI is InChI=1S/C20H14N2O4S4/c23-17(25-9-13-11-29-19(21-13)15-3-1-7-27-15)5-6-18(24)26-10-14-12-30-20(22-14)16-4-2-8-28-16/h1-8,11-12H,9-10H2/b6-5+. The second-order valence-corrected chi connectivity index (χ2v) is 9.40. The fraction of sp³-hybridized carbons (Fsp3) is 0.100. The van der Waals surface area contributed by atoms with Crippen molar-refractivity contribution in [2.75, 3.05) is 0 Å². The molecule has 4 aromatic rings. The summed E-state index contributed by atoms with van der Waals surface area (Å²) in [5.74, 6) is -1.27. The maximum Gasteiger partial charge on any atom is 0.331 e. The normalized spacial score (nSPS) is 11.1. The van der Waals surface area contributed by atoms with Gasteiger partial charge in [0, 0.05) is 22.9 Å². The summed E-state index contributed by atoms with van der Waals surface area (Å²) in [4.78, 5) is 34.6. The Morgan fingerprint density at radius 2 is 1.23 bits per heavy atom.